The minimum absolute atomic E-state index is 0.0531. The molecule has 0 spiro atoms. The van der Waals surface area contributed by atoms with Crippen molar-refractivity contribution in [3.63, 3.8) is 0 Å². The van der Waals surface area contributed by atoms with Crippen LogP contribution in [0.1, 0.15) is 40.1 Å². The summed E-state index contributed by atoms with van der Waals surface area (Å²) in [5.74, 6) is -0.174. The standard InChI is InChI=1S/C24H23N3O2/c1-18(19-9-3-2-4-10-19)27(16-21-12-7-8-14-25-21)23(28)17-26-15-20-11-5-6-13-22(20)24(26)29/h2-14,18H,15-17H2,1H3. The number of hydrogen-bond donors (Lipinski definition) is 0. The maximum Gasteiger partial charge on any atom is 0.254 e. The first-order chi connectivity index (χ1) is 14.1. The number of carbonyl (C=O) groups is 2. The normalized spacial score (nSPS) is 13.8. The van der Waals surface area contributed by atoms with Gasteiger partial charge in [0.2, 0.25) is 5.91 Å². The third-order valence-electron chi connectivity index (χ3n) is 5.35. The minimum atomic E-state index is -0.134. The van der Waals surface area contributed by atoms with Crippen molar-refractivity contribution in [3.05, 3.63) is 101 Å². The van der Waals surface area contributed by atoms with E-state index in [0.29, 0.717) is 18.7 Å². The molecule has 1 aliphatic rings. The number of amides is 2. The lowest BCUT2D eigenvalue weighted by Crippen LogP contribution is -2.41. The average molecular weight is 385 g/mol. The Morgan fingerprint density at radius 2 is 1.76 bits per heavy atom. The smallest absolute Gasteiger partial charge is 0.254 e. The second-order valence-corrected chi connectivity index (χ2v) is 7.25. The summed E-state index contributed by atoms with van der Waals surface area (Å²) in [6.07, 6.45) is 1.73. The molecule has 0 fully saturated rings. The Bertz CT molecular complexity index is 1000. The van der Waals surface area contributed by atoms with Gasteiger partial charge in [0.05, 0.1) is 18.3 Å². The van der Waals surface area contributed by atoms with Crippen molar-refractivity contribution in [2.24, 2.45) is 0 Å². The first-order valence-electron chi connectivity index (χ1n) is 9.75. The number of hydrogen-bond acceptors (Lipinski definition) is 3. The molecule has 1 aromatic heterocycles. The van der Waals surface area contributed by atoms with E-state index < -0.39 is 0 Å². The van der Waals surface area contributed by atoms with Crippen LogP contribution in [-0.4, -0.2) is 33.1 Å². The fourth-order valence-electron chi connectivity index (χ4n) is 3.72. The molecule has 2 aromatic carbocycles. The SMILES string of the molecule is CC(c1ccccc1)N(Cc1ccccn1)C(=O)CN1Cc2ccccc2C1=O. The molecule has 5 nitrogen and oxygen atoms in total. The Labute approximate surface area is 170 Å². The minimum Gasteiger partial charge on any atom is -0.328 e. The molecule has 0 saturated carbocycles. The number of aromatic nitrogens is 1. The zero-order valence-corrected chi connectivity index (χ0v) is 16.4. The van der Waals surface area contributed by atoms with E-state index in [1.807, 2.05) is 79.7 Å². The van der Waals surface area contributed by atoms with Crippen molar-refractivity contribution in [3.8, 4) is 0 Å². The Balaban J connectivity index is 1.56. The molecule has 146 valence electrons. The van der Waals surface area contributed by atoms with Crippen LogP contribution in [-0.2, 0) is 17.9 Å². The molecular formula is C24H23N3O2. The van der Waals surface area contributed by atoms with Gasteiger partial charge < -0.3 is 9.80 Å². The monoisotopic (exact) mass is 385 g/mol. The van der Waals surface area contributed by atoms with Gasteiger partial charge in [-0.05, 0) is 36.2 Å². The molecule has 0 N–H and O–H groups in total. The van der Waals surface area contributed by atoms with Gasteiger partial charge in [-0.3, -0.25) is 14.6 Å². The van der Waals surface area contributed by atoms with Crippen molar-refractivity contribution < 1.29 is 9.59 Å². The molecule has 0 bridgehead atoms. The van der Waals surface area contributed by atoms with Crippen LogP contribution >= 0.6 is 0 Å². The highest BCUT2D eigenvalue weighted by molar-refractivity contribution is 6.00. The lowest BCUT2D eigenvalue weighted by atomic mass is 10.1. The number of benzene rings is 2. The van der Waals surface area contributed by atoms with Gasteiger partial charge in [-0.1, -0.05) is 54.6 Å². The van der Waals surface area contributed by atoms with E-state index in [-0.39, 0.29) is 24.4 Å². The highest BCUT2D eigenvalue weighted by atomic mass is 16.2. The van der Waals surface area contributed by atoms with Gasteiger partial charge in [-0.2, -0.15) is 0 Å². The molecule has 1 atom stereocenters. The fourth-order valence-corrected chi connectivity index (χ4v) is 3.72. The van der Waals surface area contributed by atoms with E-state index in [1.165, 1.54) is 0 Å². The molecule has 3 aromatic rings. The van der Waals surface area contributed by atoms with Gasteiger partial charge in [0.15, 0.2) is 0 Å². The molecule has 0 radical (unpaired) electrons. The Morgan fingerprint density at radius 1 is 1.03 bits per heavy atom. The second-order valence-electron chi connectivity index (χ2n) is 7.25. The quantitative estimate of drug-likeness (QED) is 0.648. The predicted octanol–water partition coefficient (Wildman–Crippen LogP) is 3.83. The van der Waals surface area contributed by atoms with Crippen molar-refractivity contribution in [1.82, 2.24) is 14.8 Å². The summed E-state index contributed by atoms with van der Waals surface area (Å²) >= 11 is 0. The van der Waals surface area contributed by atoms with Crippen LogP contribution in [0.3, 0.4) is 0 Å². The molecule has 2 amide bonds. The molecule has 0 saturated heterocycles. The predicted molar refractivity (Wildman–Crippen MR) is 111 cm³/mol. The van der Waals surface area contributed by atoms with Gasteiger partial charge in [-0.15, -0.1) is 0 Å². The summed E-state index contributed by atoms with van der Waals surface area (Å²) in [4.78, 5) is 33.8. The largest absolute Gasteiger partial charge is 0.328 e. The van der Waals surface area contributed by atoms with Gasteiger partial charge in [0.1, 0.15) is 6.54 Å². The van der Waals surface area contributed by atoms with E-state index >= 15 is 0 Å². The van der Waals surface area contributed by atoms with Crippen molar-refractivity contribution in [2.75, 3.05) is 6.54 Å². The molecule has 5 heteroatoms. The van der Waals surface area contributed by atoms with Crippen LogP contribution in [0.5, 0.6) is 0 Å². The van der Waals surface area contributed by atoms with E-state index in [2.05, 4.69) is 4.98 Å². The fraction of sp³-hybridized carbons (Fsp3) is 0.208. The molecule has 29 heavy (non-hydrogen) atoms. The second kappa shape index (κ2) is 8.27. The van der Waals surface area contributed by atoms with E-state index in [9.17, 15) is 9.59 Å². The molecule has 1 aliphatic heterocycles. The molecule has 1 unspecified atom stereocenters. The molecular weight excluding hydrogens is 362 g/mol. The van der Waals surface area contributed by atoms with E-state index in [4.69, 9.17) is 0 Å². The zero-order valence-electron chi connectivity index (χ0n) is 16.4. The molecule has 0 aliphatic carbocycles. The number of fused-ring (bicyclic) bond motifs is 1. The summed E-state index contributed by atoms with van der Waals surface area (Å²) in [6.45, 7) is 2.93. The average Bonchev–Trinajstić information content (AvgIpc) is 3.08. The van der Waals surface area contributed by atoms with Crippen molar-refractivity contribution in [2.45, 2.75) is 26.1 Å². The van der Waals surface area contributed by atoms with Gasteiger partial charge in [0.25, 0.3) is 5.91 Å². The number of nitrogens with zero attached hydrogens (tertiary/aromatic N) is 3. The number of rotatable bonds is 6. The lowest BCUT2D eigenvalue weighted by Gasteiger charge is -2.31. The van der Waals surface area contributed by atoms with Gasteiger partial charge in [0, 0.05) is 18.3 Å². The third-order valence-corrected chi connectivity index (χ3v) is 5.35. The Hall–Kier alpha value is -3.47. The topological polar surface area (TPSA) is 53.5 Å². The van der Waals surface area contributed by atoms with E-state index in [0.717, 1.165) is 16.8 Å². The first kappa shape index (κ1) is 18.9. The van der Waals surface area contributed by atoms with Crippen LogP contribution < -0.4 is 0 Å². The molecule has 2 heterocycles. The van der Waals surface area contributed by atoms with Gasteiger partial charge >= 0.3 is 0 Å². The van der Waals surface area contributed by atoms with Crippen LogP contribution in [0.15, 0.2) is 79.0 Å². The summed E-state index contributed by atoms with van der Waals surface area (Å²) in [5.41, 5.74) is 3.53. The molecule has 4 rings (SSSR count). The van der Waals surface area contributed by atoms with Crippen LogP contribution in [0, 0.1) is 0 Å². The van der Waals surface area contributed by atoms with Crippen molar-refractivity contribution in [1.29, 1.82) is 0 Å². The van der Waals surface area contributed by atoms with Crippen molar-refractivity contribution >= 4 is 11.8 Å². The summed E-state index contributed by atoms with van der Waals surface area (Å²) in [5, 5.41) is 0. The highest BCUT2D eigenvalue weighted by Gasteiger charge is 2.31. The third kappa shape index (κ3) is 4.04. The summed E-state index contributed by atoms with van der Waals surface area (Å²) in [6, 6.07) is 23.0. The lowest BCUT2D eigenvalue weighted by molar-refractivity contribution is -0.135. The van der Waals surface area contributed by atoms with Gasteiger partial charge in [-0.25, -0.2) is 0 Å². The summed E-state index contributed by atoms with van der Waals surface area (Å²) in [7, 11) is 0. The number of carbonyl (C=O) groups excluding carboxylic acids is 2. The maximum atomic E-state index is 13.3. The first-order valence-corrected chi connectivity index (χ1v) is 9.75. The zero-order chi connectivity index (χ0) is 20.2. The van der Waals surface area contributed by atoms with E-state index in [1.54, 1.807) is 16.0 Å². The Morgan fingerprint density at radius 3 is 2.48 bits per heavy atom. The summed E-state index contributed by atoms with van der Waals surface area (Å²) < 4.78 is 0. The number of pyridine rings is 1. The Kier molecular flexibility index (Phi) is 5.38. The highest BCUT2D eigenvalue weighted by Crippen LogP contribution is 2.25. The van der Waals surface area contributed by atoms with Crippen LogP contribution in [0.4, 0.5) is 0 Å². The maximum absolute atomic E-state index is 13.3. The van der Waals surface area contributed by atoms with Crippen LogP contribution in [0.25, 0.3) is 0 Å². The van der Waals surface area contributed by atoms with Crippen LogP contribution in [0.2, 0.25) is 0 Å².